The Kier molecular flexibility index (Phi) is 4.51. The number of aliphatic hydroxyl groups is 1. The fraction of sp³-hybridized carbons (Fsp3) is 0.765. The smallest absolute Gasteiger partial charge is 0.219 e. The van der Waals surface area contributed by atoms with Crippen LogP contribution in [0.15, 0.2) is 11.6 Å². The number of carbonyl (C=O) groups excluding carboxylic acids is 1. The lowest BCUT2D eigenvalue weighted by Crippen LogP contribution is -2.64. The summed E-state index contributed by atoms with van der Waals surface area (Å²) in [5.74, 6) is 0.0679. The van der Waals surface area contributed by atoms with E-state index in [1.54, 1.807) is 18.3 Å². The topological polar surface area (TPSA) is 56.7 Å². The Morgan fingerprint density at radius 3 is 2.70 bits per heavy atom. The van der Waals surface area contributed by atoms with Gasteiger partial charge in [0.2, 0.25) is 5.91 Å². The fourth-order valence-electron chi connectivity index (χ4n) is 4.03. The molecule has 0 unspecified atom stereocenters. The molecule has 0 bridgehead atoms. The zero-order valence-electron chi connectivity index (χ0n) is 14.3. The van der Waals surface area contributed by atoms with Crippen LogP contribution in [0.4, 0.5) is 0 Å². The first-order valence-corrected chi connectivity index (χ1v) is 9.27. The van der Waals surface area contributed by atoms with Crippen LogP contribution < -0.4 is 0 Å². The number of amides is 1. The van der Waals surface area contributed by atoms with Crippen LogP contribution in [0.2, 0.25) is 0 Å². The number of hydrogen-bond acceptors (Lipinski definition) is 5. The number of thiazole rings is 1. The molecule has 1 amide bonds. The van der Waals surface area contributed by atoms with E-state index in [1.165, 1.54) is 0 Å². The fourth-order valence-corrected chi connectivity index (χ4v) is 4.69. The summed E-state index contributed by atoms with van der Waals surface area (Å²) in [4.78, 5) is 20.7. The number of rotatable bonds is 2. The number of likely N-dealkylation sites (tertiary alicyclic amines) is 2. The van der Waals surface area contributed by atoms with Gasteiger partial charge in [-0.05, 0) is 51.6 Å². The van der Waals surface area contributed by atoms with Gasteiger partial charge in [0, 0.05) is 25.0 Å². The molecule has 0 aromatic carbocycles. The van der Waals surface area contributed by atoms with E-state index >= 15 is 0 Å². The molecule has 1 atom stereocenters. The molecule has 0 aliphatic carbocycles. The van der Waals surface area contributed by atoms with E-state index in [1.807, 2.05) is 30.3 Å². The van der Waals surface area contributed by atoms with Crippen molar-refractivity contribution in [3.63, 3.8) is 0 Å². The maximum Gasteiger partial charge on any atom is 0.219 e. The minimum atomic E-state index is -0.463. The number of aromatic nitrogens is 1. The summed E-state index contributed by atoms with van der Waals surface area (Å²) < 4.78 is 0. The number of aliphatic hydroxyl groups excluding tert-OH is 1. The van der Waals surface area contributed by atoms with E-state index in [9.17, 15) is 9.90 Å². The first-order chi connectivity index (χ1) is 10.8. The van der Waals surface area contributed by atoms with E-state index in [0.29, 0.717) is 0 Å². The molecule has 1 spiro atoms. The van der Waals surface area contributed by atoms with Crippen molar-refractivity contribution in [2.45, 2.75) is 58.2 Å². The second kappa shape index (κ2) is 6.15. The minimum absolute atomic E-state index is 0.0679. The molecule has 128 valence electrons. The summed E-state index contributed by atoms with van der Waals surface area (Å²) in [6.07, 6.45) is 4.28. The average Bonchev–Trinajstić information content (AvgIpc) is 2.99. The lowest BCUT2D eigenvalue weighted by Gasteiger charge is -2.55. The van der Waals surface area contributed by atoms with Gasteiger partial charge in [0.15, 0.2) is 0 Å². The summed E-state index contributed by atoms with van der Waals surface area (Å²) in [5, 5.41) is 13.8. The van der Waals surface area contributed by atoms with Crippen molar-refractivity contribution in [1.29, 1.82) is 0 Å². The van der Waals surface area contributed by atoms with E-state index in [4.69, 9.17) is 0 Å². The van der Waals surface area contributed by atoms with Gasteiger partial charge in [-0.3, -0.25) is 9.69 Å². The van der Waals surface area contributed by atoms with E-state index in [-0.39, 0.29) is 11.3 Å². The van der Waals surface area contributed by atoms with Crippen LogP contribution in [0.1, 0.15) is 45.0 Å². The van der Waals surface area contributed by atoms with Crippen LogP contribution in [0, 0.1) is 5.41 Å². The minimum Gasteiger partial charge on any atom is -0.391 e. The second-order valence-electron chi connectivity index (χ2n) is 7.68. The van der Waals surface area contributed by atoms with Gasteiger partial charge < -0.3 is 10.0 Å². The molecule has 1 aromatic rings. The molecule has 2 saturated heterocycles. The summed E-state index contributed by atoms with van der Waals surface area (Å²) >= 11 is 1.70. The number of nitrogens with zero attached hydrogens (tertiary/aromatic N) is 3. The predicted octanol–water partition coefficient (Wildman–Crippen LogP) is 2.12. The van der Waals surface area contributed by atoms with Crippen molar-refractivity contribution < 1.29 is 9.90 Å². The molecule has 0 saturated carbocycles. The van der Waals surface area contributed by atoms with Crippen molar-refractivity contribution in [3.8, 4) is 0 Å². The van der Waals surface area contributed by atoms with Gasteiger partial charge >= 0.3 is 0 Å². The summed E-state index contributed by atoms with van der Waals surface area (Å²) in [5.41, 5.74) is -0.394. The Labute approximate surface area is 142 Å². The number of carbonyl (C=O) groups is 1. The maximum atomic E-state index is 12.1. The highest BCUT2D eigenvalue weighted by molar-refractivity contribution is 7.09. The monoisotopic (exact) mass is 337 g/mol. The van der Waals surface area contributed by atoms with E-state index < -0.39 is 11.6 Å². The highest BCUT2D eigenvalue weighted by Gasteiger charge is 2.50. The van der Waals surface area contributed by atoms with Crippen LogP contribution in [-0.4, -0.2) is 57.1 Å². The van der Waals surface area contributed by atoms with Gasteiger partial charge in [0.1, 0.15) is 5.01 Å². The number of hydrogen-bond donors (Lipinski definition) is 1. The Morgan fingerprint density at radius 2 is 2.13 bits per heavy atom. The molecule has 23 heavy (non-hydrogen) atoms. The molecule has 1 aromatic heterocycles. The summed E-state index contributed by atoms with van der Waals surface area (Å²) in [6.45, 7) is 9.28. The average molecular weight is 337 g/mol. The Morgan fingerprint density at radius 1 is 1.43 bits per heavy atom. The Hall–Kier alpha value is -0.980. The van der Waals surface area contributed by atoms with Crippen LogP contribution >= 0.6 is 11.3 Å². The molecule has 6 heteroatoms. The molecule has 3 heterocycles. The largest absolute Gasteiger partial charge is 0.391 e. The van der Waals surface area contributed by atoms with Crippen LogP contribution in [-0.2, 0) is 11.3 Å². The normalized spacial score (nSPS) is 27.3. The lowest BCUT2D eigenvalue weighted by molar-refractivity contribution is -0.157. The predicted molar refractivity (Wildman–Crippen MR) is 91.1 cm³/mol. The van der Waals surface area contributed by atoms with Crippen LogP contribution in [0.3, 0.4) is 0 Å². The van der Waals surface area contributed by atoms with Crippen molar-refractivity contribution in [1.82, 2.24) is 14.8 Å². The van der Waals surface area contributed by atoms with Crippen molar-refractivity contribution in [3.05, 3.63) is 16.6 Å². The molecule has 2 aliphatic rings. The molecule has 1 N–H and O–H groups in total. The van der Waals surface area contributed by atoms with Crippen molar-refractivity contribution >= 4 is 17.2 Å². The highest BCUT2D eigenvalue weighted by atomic mass is 32.1. The molecular weight excluding hydrogens is 310 g/mol. The Bertz CT molecular complexity index is 550. The molecular formula is C17H27N3O2S. The lowest BCUT2D eigenvalue weighted by atomic mass is 9.67. The molecule has 2 aliphatic heterocycles. The molecule has 2 fully saturated rings. The SMILES string of the molecule is CC(=O)N1CC2(CCN(Cc3nccs3)CC2)C[C@H](O)C1(C)C. The van der Waals surface area contributed by atoms with Crippen LogP contribution in [0.25, 0.3) is 0 Å². The maximum absolute atomic E-state index is 12.1. The van der Waals surface area contributed by atoms with Crippen molar-refractivity contribution in [2.24, 2.45) is 5.41 Å². The number of piperidine rings is 2. The molecule has 3 rings (SSSR count). The third-order valence-corrected chi connectivity index (χ3v) is 6.53. The standard InChI is InChI=1S/C17H27N3O2S/c1-13(21)20-12-17(10-14(22)16(20,2)3)4-7-19(8-5-17)11-15-18-6-9-23-15/h6,9,14,22H,4-5,7-8,10-12H2,1-3H3/t14-/m0/s1. The zero-order valence-corrected chi connectivity index (χ0v) is 15.1. The molecule has 5 nitrogen and oxygen atoms in total. The first kappa shape index (κ1) is 16.9. The summed E-state index contributed by atoms with van der Waals surface area (Å²) in [7, 11) is 0. The first-order valence-electron chi connectivity index (χ1n) is 8.39. The van der Waals surface area contributed by atoms with E-state index in [2.05, 4.69) is 9.88 Å². The van der Waals surface area contributed by atoms with Gasteiger partial charge in [0.05, 0.1) is 18.2 Å². The van der Waals surface area contributed by atoms with E-state index in [0.717, 1.165) is 50.4 Å². The zero-order chi connectivity index (χ0) is 16.7. The quantitative estimate of drug-likeness (QED) is 0.898. The van der Waals surface area contributed by atoms with Gasteiger partial charge in [-0.25, -0.2) is 4.98 Å². The third kappa shape index (κ3) is 3.30. The van der Waals surface area contributed by atoms with Gasteiger partial charge in [0.25, 0.3) is 0 Å². The highest BCUT2D eigenvalue weighted by Crippen LogP contribution is 2.45. The van der Waals surface area contributed by atoms with Gasteiger partial charge in [-0.15, -0.1) is 11.3 Å². The molecule has 0 radical (unpaired) electrons. The van der Waals surface area contributed by atoms with Gasteiger partial charge in [-0.1, -0.05) is 0 Å². The second-order valence-corrected chi connectivity index (χ2v) is 8.66. The Balaban J connectivity index is 1.66. The summed E-state index contributed by atoms with van der Waals surface area (Å²) in [6, 6.07) is 0. The third-order valence-electron chi connectivity index (χ3n) is 5.77. The van der Waals surface area contributed by atoms with Gasteiger partial charge in [-0.2, -0.15) is 0 Å². The van der Waals surface area contributed by atoms with Crippen molar-refractivity contribution in [2.75, 3.05) is 19.6 Å². The van der Waals surface area contributed by atoms with Crippen LogP contribution in [0.5, 0.6) is 0 Å².